The lowest BCUT2D eigenvalue weighted by Gasteiger charge is -2.22. The molecule has 0 bridgehead atoms. The van der Waals surface area contributed by atoms with Crippen LogP contribution < -0.4 is 11.1 Å². The highest BCUT2D eigenvalue weighted by atomic mass is 14.9. The van der Waals surface area contributed by atoms with Gasteiger partial charge in [-0.3, -0.25) is 0 Å². The van der Waals surface area contributed by atoms with Crippen LogP contribution in [0.4, 0.5) is 11.4 Å². The van der Waals surface area contributed by atoms with Crippen molar-refractivity contribution in [3.05, 3.63) is 59.7 Å². The number of rotatable bonds is 4. The Morgan fingerprint density at radius 1 is 0.810 bits per heavy atom. The van der Waals surface area contributed by atoms with Crippen LogP contribution in [-0.2, 0) is 6.54 Å². The summed E-state index contributed by atoms with van der Waals surface area (Å²) in [4.78, 5) is 0. The summed E-state index contributed by atoms with van der Waals surface area (Å²) in [7, 11) is 0. The first-order valence-corrected chi connectivity index (χ1v) is 8.01. The summed E-state index contributed by atoms with van der Waals surface area (Å²) < 4.78 is 0. The van der Waals surface area contributed by atoms with Crippen molar-refractivity contribution in [3.8, 4) is 0 Å². The molecule has 0 radical (unpaired) electrons. The van der Waals surface area contributed by atoms with Gasteiger partial charge in [-0.25, -0.2) is 0 Å². The lowest BCUT2D eigenvalue weighted by Crippen LogP contribution is -2.04. The van der Waals surface area contributed by atoms with E-state index >= 15 is 0 Å². The Morgan fingerprint density at radius 3 is 1.95 bits per heavy atom. The molecule has 2 aromatic carbocycles. The van der Waals surface area contributed by atoms with Crippen molar-refractivity contribution in [2.75, 3.05) is 5.32 Å². The third kappa shape index (κ3) is 3.64. The maximum Gasteiger partial charge on any atom is 0.0384 e. The Hall–Kier alpha value is -1.80. The molecule has 0 unspecified atom stereocenters. The molecule has 0 saturated heterocycles. The monoisotopic (exact) mass is 280 g/mol. The molecule has 0 atom stereocenters. The van der Waals surface area contributed by atoms with Crippen molar-refractivity contribution in [2.45, 2.75) is 44.6 Å². The van der Waals surface area contributed by atoms with E-state index in [9.17, 15) is 0 Å². The van der Waals surface area contributed by atoms with E-state index in [2.05, 4.69) is 53.8 Å². The van der Waals surface area contributed by atoms with Crippen molar-refractivity contribution >= 4 is 11.4 Å². The molecule has 0 heterocycles. The molecule has 2 aromatic rings. The summed E-state index contributed by atoms with van der Waals surface area (Å²) in [6.07, 6.45) is 6.89. The Labute approximate surface area is 127 Å². The first kappa shape index (κ1) is 14.2. The van der Waals surface area contributed by atoms with Gasteiger partial charge in [-0.15, -0.1) is 0 Å². The van der Waals surface area contributed by atoms with E-state index in [4.69, 9.17) is 5.73 Å². The summed E-state index contributed by atoms with van der Waals surface area (Å²) in [5, 5.41) is 3.44. The van der Waals surface area contributed by atoms with Crippen LogP contribution in [-0.4, -0.2) is 0 Å². The predicted octanol–water partition coefficient (Wildman–Crippen LogP) is 4.94. The maximum atomic E-state index is 5.62. The van der Waals surface area contributed by atoms with Crippen LogP contribution >= 0.6 is 0 Å². The molecule has 0 spiro atoms. The first-order valence-electron chi connectivity index (χ1n) is 8.01. The standard InChI is InChI=1S/C19H24N2/c20-14-15-6-10-18(11-7-15)21-19-12-8-17(9-13-19)16-4-2-1-3-5-16/h6-13,16,21H,1-5,14,20H2. The number of hydrogen-bond donors (Lipinski definition) is 2. The number of anilines is 2. The third-order valence-electron chi connectivity index (χ3n) is 4.47. The van der Waals surface area contributed by atoms with Gasteiger partial charge in [-0.05, 0) is 54.2 Å². The second kappa shape index (κ2) is 6.77. The quantitative estimate of drug-likeness (QED) is 0.832. The normalized spacial score (nSPS) is 15.9. The number of hydrogen-bond acceptors (Lipinski definition) is 2. The lowest BCUT2D eigenvalue weighted by atomic mass is 9.84. The highest BCUT2D eigenvalue weighted by molar-refractivity contribution is 5.60. The van der Waals surface area contributed by atoms with E-state index in [1.165, 1.54) is 37.7 Å². The molecule has 1 aliphatic carbocycles. The number of nitrogens with two attached hydrogens (primary N) is 1. The minimum Gasteiger partial charge on any atom is -0.356 e. The summed E-state index contributed by atoms with van der Waals surface area (Å²) in [6.45, 7) is 0.594. The van der Waals surface area contributed by atoms with Crippen molar-refractivity contribution in [3.63, 3.8) is 0 Å². The largest absolute Gasteiger partial charge is 0.356 e. The van der Waals surface area contributed by atoms with E-state index in [-0.39, 0.29) is 0 Å². The van der Waals surface area contributed by atoms with Crippen LogP contribution in [0.1, 0.15) is 49.1 Å². The van der Waals surface area contributed by atoms with Crippen LogP contribution in [0.25, 0.3) is 0 Å². The van der Waals surface area contributed by atoms with Gasteiger partial charge in [0.25, 0.3) is 0 Å². The molecule has 2 heteroatoms. The minimum absolute atomic E-state index is 0.594. The van der Waals surface area contributed by atoms with Crippen molar-refractivity contribution in [1.29, 1.82) is 0 Å². The fourth-order valence-corrected chi connectivity index (χ4v) is 3.17. The summed E-state index contributed by atoms with van der Waals surface area (Å²) in [5.74, 6) is 0.775. The van der Waals surface area contributed by atoms with Gasteiger partial charge < -0.3 is 11.1 Å². The summed E-state index contributed by atoms with van der Waals surface area (Å²) in [6, 6.07) is 17.3. The van der Waals surface area contributed by atoms with Crippen molar-refractivity contribution in [1.82, 2.24) is 0 Å². The van der Waals surface area contributed by atoms with E-state index in [1.54, 1.807) is 0 Å². The van der Waals surface area contributed by atoms with Gasteiger partial charge in [-0.1, -0.05) is 43.5 Å². The molecule has 1 fully saturated rings. The Kier molecular flexibility index (Phi) is 4.56. The van der Waals surface area contributed by atoms with E-state index < -0.39 is 0 Å². The van der Waals surface area contributed by atoms with Gasteiger partial charge in [0.2, 0.25) is 0 Å². The molecular formula is C19H24N2. The average Bonchev–Trinajstić information content (AvgIpc) is 2.57. The molecule has 0 aromatic heterocycles. The number of nitrogens with one attached hydrogen (secondary N) is 1. The first-order chi connectivity index (χ1) is 10.3. The van der Waals surface area contributed by atoms with Gasteiger partial charge in [0.15, 0.2) is 0 Å². The predicted molar refractivity (Wildman–Crippen MR) is 89.9 cm³/mol. The topological polar surface area (TPSA) is 38.0 Å². The third-order valence-corrected chi connectivity index (χ3v) is 4.47. The smallest absolute Gasteiger partial charge is 0.0384 e. The maximum absolute atomic E-state index is 5.62. The zero-order valence-electron chi connectivity index (χ0n) is 12.5. The molecule has 21 heavy (non-hydrogen) atoms. The fraction of sp³-hybridized carbons (Fsp3) is 0.368. The van der Waals surface area contributed by atoms with Gasteiger partial charge in [0, 0.05) is 17.9 Å². The zero-order valence-corrected chi connectivity index (χ0v) is 12.5. The van der Waals surface area contributed by atoms with Crippen LogP contribution in [0, 0.1) is 0 Å². The summed E-state index contributed by atoms with van der Waals surface area (Å²) >= 11 is 0. The molecule has 1 aliphatic rings. The molecule has 0 amide bonds. The molecule has 2 nitrogen and oxygen atoms in total. The van der Waals surface area contributed by atoms with Crippen LogP contribution in [0.3, 0.4) is 0 Å². The average molecular weight is 280 g/mol. The van der Waals surface area contributed by atoms with Crippen LogP contribution in [0.15, 0.2) is 48.5 Å². The van der Waals surface area contributed by atoms with Gasteiger partial charge >= 0.3 is 0 Å². The van der Waals surface area contributed by atoms with E-state index in [0.29, 0.717) is 6.54 Å². The lowest BCUT2D eigenvalue weighted by molar-refractivity contribution is 0.443. The molecule has 3 rings (SSSR count). The van der Waals surface area contributed by atoms with Gasteiger partial charge in [0.05, 0.1) is 0 Å². The Bertz CT molecular complexity index is 551. The Morgan fingerprint density at radius 2 is 1.38 bits per heavy atom. The van der Waals surface area contributed by atoms with Crippen molar-refractivity contribution < 1.29 is 0 Å². The highest BCUT2D eigenvalue weighted by Crippen LogP contribution is 2.33. The number of benzene rings is 2. The highest BCUT2D eigenvalue weighted by Gasteiger charge is 2.14. The SMILES string of the molecule is NCc1ccc(Nc2ccc(C3CCCCC3)cc2)cc1. The Balaban J connectivity index is 1.65. The van der Waals surface area contributed by atoms with Gasteiger partial charge in [0.1, 0.15) is 0 Å². The molecular weight excluding hydrogens is 256 g/mol. The van der Waals surface area contributed by atoms with Crippen LogP contribution in [0.2, 0.25) is 0 Å². The van der Waals surface area contributed by atoms with Crippen molar-refractivity contribution in [2.24, 2.45) is 5.73 Å². The second-order valence-corrected chi connectivity index (χ2v) is 5.98. The van der Waals surface area contributed by atoms with E-state index in [0.717, 1.165) is 22.9 Å². The fourth-order valence-electron chi connectivity index (χ4n) is 3.17. The van der Waals surface area contributed by atoms with E-state index in [1.807, 2.05) is 0 Å². The molecule has 0 aliphatic heterocycles. The minimum atomic E-state index is 0.594. The zero-order chi connectivity index (χ0) is 14.5. The molecule has 1 saturated carbocycles. The summed E-state index contributed by atoms with van der Waals surface area (Å²) in [5.41, 5.74) is 10.5. The molecule has 110 valence electrons. The van der Waals surface area contributed by atoms with Crippen LogP contribution in [0.5, 0.6) is 0 Å². The van der Waals surface area contributed by atoms with Gasteiger partial charge in [-0.2, -0.15) is 0 Å². The second-order valence-electron chi connectivity index (χ2n) is 5.98. The molecule has 3 N–H and O–H groups in total.